The van der Waals surface area contributed by atoms with Gasteiger partial charge >= 0.3 is 0 Å². The Bertz CT molecular complexity index is 1430. The number of para-hydroxylation sites is 1. The van der Waals surface area contributed by atoms with Crippen LogP contribution < -0.4 is 10.6 Å². The number of rotatable bonds is 11. The van der Waals surface area contributed by atoms with Gasteiger partial charge in [-0.1, -0.05) is 108 Å². The molecule has 1 heterocycles. The van der Waals surface area contributed by atoms with Gasteiger partial charge in [-0.2, -0.15) is 0 Å². The van der Waals surface area contributed by atoms with E-state index in [0.29, 0.717) is 18.7 Å². The molecule has 7 heteroatoms. The maximum atomic E-state index is 13.1. The molecule has 39 heavy (non-hydrogen) atoms. The van der Waals surface area contributed by atoms with Gasteiger partial charge in [0.15, 0.2) is 11.0 Å². The Balaban J connectivity index is 1.26. The minimum Gasteiger partial charge on any atom is -0.378 e. The smallest absolute Gasteiger partial charge is 0.221 e. The van der Waals surface area contributed by atoms with Gasteiger partial charge in [-0.25, -0.2) is 0 Å². The number of hydrogen-bond acceptors (Lipinski definition) is 5. The lowest BCUT2D eigenvalue weighted by Gasteiger charge is -2.20. The molecule has 5 aromatic rings. The van der Waals surface area contributed by atoms with Crippen LogP contribution in [0.4, 0.5) is 5.69 Å². The average Bonchev–Trinajstić information content (AvgIpc) is 3.39. The zero-order chi connectivity index (χ0) is 26.9. The molecule has 1 amide bonds. The van der Waals surface area contributed by atoms with Gasteiger partial charge < -0.3 is 10.6 Å². The molecule has 0 aliphatic carbocycles. The van der Waals surface area contributed by atoms with Crippen LogP contribution in [0.1, 0.15) is 35.0 Å². The number of thioether (sulfide) groups is 1. The van der Waals surface area contributed by atoms with Crippen LogP contribution in [0.3, 0.4) is 0 Å². The van der Waals surface area contributed by atoms with Gasteiger partial charge in [-0.15, -0.1) is 10.2 Å². The average molecular weight is 534 g/mol. The lowest BCUT2D eigenvalue weighted by molar-refractivity contribution is -0.121. The SMILES string of the molecule is Cc1ccc(NCc2nnc(SCCC(=O)NC(c3ccccc3)c3ccccc3)n2-c2ccccc2)cc1. The molecule has 0 aliphatic rings. The highest BCUT2D eigenvalue weighted by atomic mass is 32.2. The summed E-state index contributed by atoms with van der Waals surface area (Å²) in [6.45, 7) is 2.60. The molecule has 196 valence electrons. The third-order valence-corrected chi connectivity index (χ3v) is 7.28. The van der Waals surface area contributed by atoms with Crippen LogP contribution in [0, 0.1) is 6.92 Å². The summed E-state index contributed by atoms with van der Waals surface area (Å²) in [5, 5.41) is 16.4. The first-order valence-electron chi connectivity index (χ1n) is 13.0. The highest BCUT2D eigenvalue weighted by molar-refractivity contribution is 7.99. The van der Waals surface area contributed by atoms with Crippen LogP contribution >= 0.6 is 11.8 Å². The zero-order valence-corrected chi connectivity index (χ0v) is 22.6. The van der Waals surface area contributed by atoms with Crippen molar-refractivity contribution in [3.05, 3.63) is 138 Å². The first kappa shape index (κ1) is 26.3. The number of carbonyl (C=O) groups excluding carboxylic acids is 1. The van der Waals surface area contributed by atoms with E-state index in [1.54, 1.807) is 0 Å². The van der Waals surface area contributed by atoms with E-state index >= 15 is 0 Å². The van der Waals surface area contributed by atoms with E-state index in [-0.39, 0.29) is 11.9 Å². The van der Waals surface area contributed by atoms with Crippen molar-refractivity contribution in [1.29, 1.82) is 0 Å². The molecule has 0 bridgehead atoms. The zero-order valence-electron chi connectivity index (χ0n) is 21.8. The Morgan fingerprint density at radius 3 is 2.00 bits per heavy atom. The minimum absolute atomic E-state index is 0.00718. The van der Waals surface area contributed by atoms with Crippen LogP contribution in [-0.2, 0) is 11.3 Å². The predicted molar refractivity (Wildman–Crippen MR) is 158 cm³/mol. The highest BCUT2D eigenvalue weighted by Crippen LogP contribution is 2.25. The molecule has 0 fully saturated rings. The summed E-state index contributed by atoms with van der Waals surface area (Å²) >= 11 is 1.53. The molecule has 0 aliphatic heterocycles. The summed E-state index contributed by atoms with van der Waals surface area (Å²) in [7, 11) is 0. The molecule has 0 atom stereocenters. The van der Waals surface area contributed by atoms with Gasteiger partial charge in [0.2, 0.25) is 5.91 Å². The summed E-state index contributed by atoms with van der Waals surface area (Å²) in [6, 6.07) is 38.3. The number of anilines is 1. The van der Waals surface area contributed by atoms with Crippen molar-refractivity contribution >= 4 is 23.4 Å². The summed E-state index contributed by atoms with van der Waals surface area (Å²) < 4.78 is 2.06. The maximum Gasteiger partial charge on any atom is 0.221 e. The van der Waals surface area contributed by atoms with Crippen LogP contribution in [0.2, 0.25) is 0 Å². The van der Waals surface area contributed by atoms with Crippen molar-refractivity contribution in [3.63, 3.8) is 0 Å². The molecule has 0 saturated carbocycles. The molecule has 4 aromatic carbocycles. The Morgan fingerprint density at radius 1 is 0.795 bits per heavy atom. The Morgan fingerprint density at radius 2 is 1.38 bits per heavy atom. The van der Waals surface area contributed by atoms with E-state index in [0.717, 1.165) is 33.5 Å². The normalized spacial score (nSPS) is 10.9. The Labute approximate surface area is 233 Å². The quantitative estimate of drug-likeness (QED) is 0.188. The predicted octanol–water partition coefficient (Wildman–Crippen LogP) is 6.58. The van der Waals surface area contributed by atoms with E-state index in [9.17, 15) is 4.79 Å². The van der Waals surface area contributed by atoms with Gasteiger partial charge in [0, 0.05) is 23.5 Å². The van der Waals surface area contributed by atoms with E-state index in [2.05, 4.69) is 56.6 Å². The lowest BCUT2D eigenvalue weighted by atomic mass is 9.98. The van der Waals surface area contributed by atoms with Gasteiger partial charge in [-0.05, 0) is 42.3 Å². The second-order valence-corrected chi connectivity index (χ2v) is 10.3. The number of aromatic nitrogens is 3. The number of nitrogens with one attached hydrogen (secondary N) is 2. The number of benzene rings is 4. The number of carbonyl (C=O) groups is 1. The topological polar surface area (TPSA) is 71.8 Å². The van der Waals surface area contributed by atoms with Crippen LogP contribution in [-0.4, -0.2) is 26.4 Å². The molecular formula is C32H31N5OS. The van der Waals surface area contributed by atoms with Crippen molar-refractivity contribution in [2.75, 3.05) is 11.1 Å². The van der Waals surface area contributed by atoms with E-state index in [1.165, 1.54) is 17.3 Å². The Kier molecular flexibility index (Phi) is 8.71. The van der Waals surface area contributed by atoms with E-state index < -0.39 is 0 Å². The van der Waals surface area contributed by atoms with Crippen molar-refractivity contribution < 1.29 is 4.79 Å². The highest BCUT2D eigenvalue weighted by Gasteiger charge is 2.18. The molecule has 1 aromatic heterocycles. The van der Waals surface area contributed by atoms with Gasteiger partial charge in [0.05, 0.1) is 12.6 Å². The third-order valence-electron chi connectivity index (χ3n) is 6.35. The second-order valence-electron chi connectivity index (χ2n) is 9.21. The molecule has 5 rings (SSSR count). The third kappa shape index (κ3) is 6.94. The fraction of sp³-hybridized carbons (Fsp3) is 0.156. The van der Waals surface area contributed by atoms with Crippen molar-refractivity contribution in [2.45, 2.75) is 31.1 Å². The van der Waals surface area contributed by atoms with Gasteiger partial charge in [-0.3, -0.25) is 9.36 Å². The molecule has 0 saturated heterocycles. The van der Waals surface area contributed by atoms with Crippen LogP contribution in [0.15, 0.2) is 120 Å². The lowest BCUT2D eigenvalue weighted by Crippen LogP contribution is -2.29. The van der Waals surface area contributed by atoms with Gasteiger partial charge in [0.25, 0.3) is 0 Å². The summed E-state index contributed by atoms with van der Waals surface area (Å²) in [4.78, 5) is 13.1. The molecular weight excluding hydrogens is 502 g/mol. The van der Waals surface area contributed by atoms with Crippen LogP contribution in [0.5, 0.6) is 0 Å². The monoisotopic (exact) mass is 533 g/mol. The van der Waals surface area contributed by atoms with E-state index in [1.807, 2.05) is 91.0 Å². The molecule has 0 unspecified atom stereocenters. The number of hydrogen-bond donors (Lipinski definition) is 2. The maximum absolute atomic E-state index is 13.1. The van der Waals surface area contributed by atoms with E-state index in [4.69, 9.17) is 0 Å². The second kappa shape index (κ2) is 12.9. The number of aryl methyl sites for hydroxylation is 1. The fourth-order valence-electron chi connectivity index (χ4n) is 4.32. The first-order valence-corrected chi connectivity index (χ1v) is 14.0. The standard InChI is InChI=1S/C32H31N5OS/c1-24-17-19-27(20-18-24)33-23-29-35-36-32(37(29)28-15-9-4-10-16-28)39-22-21-30(38)34-31(25-11-5-2-6-12-25)26-13-7-3-8-14-26/h2-20,31,33H,21-23H2,1H3,(H,34,38). The molecule has 0 spiro atoms. The fourth-order valence-corrected chi connectivity index (χ4v) is 5.22. The number of nitrogens with zero attached hydrogens (tertiary/aromatic N) is 3. The van der Waals surface area contributed by atoms with Crippen molar-refractivity contribution in [3.8, 4) is 5.69 Å². The van der Waals surface area contributed by atoms with Crippen LogP contribution in [0.25, 0.3) is 5.69 Å². The first-order chi connectivity index (χ1) is 19.2. The largest absolute Gasteiger partial charge is 0.378 e. The Hall–Kier alpha value is -4.36. The van der Waals surface area contributed by atoms with Crippen molar-refractivity contribution in [1.82, 2.24) is 20.1 Å². The summed E-state index contributed by atoms with van der Waals surface area (Å²) in [5.74, 6) is 1.38. The van der Waals surface area contributed by atoms with Crippen molar-refractivity contribution in [2.24, 2.45) is 0 Å². The molecule has 2 N–H and O–H groups in total. The minimum atomic E-state index is -0.197. The van der Waals surface area contributed by atoms with Gasteiger partial charge in [0.1, 0.15) is 0 Å². The summed E-state index contributed by atoms with van der Waals surface area (Å²) in [6.07, 6.45) is 0.361. The molecule has 6 nitrogen and oxygen atoms in total. The summed E-state index contributed by atoms with van der Waals surface area (Å²) in [5.41, 5.74) is 5.34. The molecule has 0 radical (unpaired) electrons. The number of amides is 1.